The Morgan fingerprint density at radius 1 is 1.14 bits per heavy atom. The van der Waals surface area contributed by atoms with E-state index in [9.17, 15) is 13.2 Å². The fourth-order valence-corrected chi connectivity index (χ4v) is 0.817. The summed E-state index contributed by atoms with van der Waals surface area (Å²) in [7, 11) is 1.48. The Morgan fingerprint density at radius 3 is 2.14 bits per heavy atom. The molecule has 2 N–H and O–H groups in total. The van der Waals surface area contributed by atoms with Crippen LogP contribution in [0.1, 0.15) is 0 Å². The summed E-state index contributed by atoms with van der Waals surface area (Å²) in [4.78, 5) is 0. The van der Waals surface area contributed by atoms with E-state index in [1.807, 2.05) is 5.43 Å². The highest BCUT2D eigenvalue weighted by Crippen LogP contribution is 2.15. The summed E-state index contributed by atoms with van der Waals surface area (Å²) in [6, 6.07) is 6.05. The molecule has 0 aromatic heterocycles. The Bertz CT molecular complexity index is 284. The third-order valence-electron chi connectivity index (χ3n) is 1.44. The van der Waals surface area contributed by atoms with Crippen LogP contribution in [0.4, 0.5) is 18.9 Å². The molecule has 0 fully saturated rings. The molecule has 0 aliphatic carbocycles. The lowest BCUT2D eigenvalue weighted by atomic mass is 10.3. The average molecular weight is 206 g/mol. The molecule has 1 rings (SSSR count). The molecule has 78 valence electrons. The molecule has 0 unspecified atom stereocenters. The smallest absolute Gasteiger partial charge is 0.474 e. The summed E-state index contributed by atoms with van der Waals surface area (Å²) in [5.41, 5.74) is 3.50. The Balaban J connectivity index is 2.52. The van der Waals surface area contributed by atoms with Gasteiger partial charge in [-0.25, -0.2) is 0 Å². The number of hydrogen-bond donors (Lipinski definition) is 2. The lowest BCUT2D eigenvalue weighted by molar-refractivity contribution is -0.151. The summed E-state index contributed by atoms with van der Waals surface area (Å²) < 4.78 is 39.9. The summed E-state index contributed by atoms with van der Waals surface area (Å²) in [6.07, 6.45) is -4.44. The first-order valence-corrected chi connectivity index (χ1v) is 3.75. The fraction of sp³-hybridized carbons (Fsp3) is 0.250. The minimum atomic E-state index is -4.44. The first-order valence-electron chi connectivity index (χ1n) is 3.75. The highest BCUT2D eigenvalue weighted by Gasteiger charge is 2.26. The zero-order valence-corrected chi connectivity index (χ0v) is 7.35. The molecule has 0 heterocycles. The van der Waals surface area contributed by atoms with Crippen LogP contribution >= 0.6 is 0 Å². The first kappa shape index (κ1) is 10.6. The van der Waals surface area contributed by atoms with Gasteiger partial charge in [-0.3, -0.25) is 0 Å². The van der Waals surface area contributed by atoms with Gasteiger partial charge in [0.15, 0.2) is 0 Å². The Labute approximate surface area is 78.8 Å². The summed E-state index contributed by atoms with van der Waals surface area (Å²) in [5, 5.41) is 0. The highest BCUT2D eigenvalue weighted by atomic mass is 19.4. The van der Waals surface area contributed by atoms with Crippen molar-refractivity contribution in [1.82, 2.24) is 5.43 Å². The molecule has 0 spiro atoms. The van der Waals surface area contributed by atoms with E-state index in [0.29, 0.717) is 11.4 Å². The standard InChI is InChI=1S/C8H9F3N2O/c1-14-7-4-2-6(3-5-7)12-13-8(9,10)11/h2-5,12-13H,1H3. The van der Waals surface area contributed by atoms with Crippen molar-refractivity contribution in [3.63, 3.8) is 0 Å². The van der Waals surface area contributed by atoms with Gasteiger partial charge in [-0.2, -0.15) is 13.2 Å². The van der Waals surface area contributed by atoms with Crippen molar-refractivity contribution < 1.29 is 17.9 Å². The van der Waals surface area contributed by atoms with E-state index >= 15 is 0 Å². The third kappa shape index (κ3) is 3.53. The van der Waals surface area contributed by atoms with E-state index in [0.717, 1.165) is 0 Å². The summed E-state index contributed by atoms with van der Waals surface area (Å²) in [6.45, 7) is 0. The molecule has 0 bridgehead atoms. The van der Waals surface area contributed by atoms with Crippen molar-refractivity contribution in [1.29, 1.82) is 0 Å². The first-order chi connectivity index (χ1) is 6.51. The Morgan fingerprint density at radius 2 is 1.71 bits per heavy atom. The molecule has 1 aromatic rings. The van der Waals surface area contributed by atoms with E-state index in [2.05, 4.69) is 0 Å². The van der Waals surface area contributed by atoms with Gasteiger partial charge < -0.3 is 10.2 Å². The van der Waals surface area contributed by atoms with Gasteiger partial charge in [-0.1, -0.05) is 0 Å². The van der Waals surface area contributed by atoms with Crippen molar-refractivity contribution in [2.24, 2.45) is 0 Å². The minimum absolute atomic E-state index is 0.308. The largest absolute Gasteiger partial charge is 0.497 e. The van der Waals surface area contributed by atoms with E-state index in [-0.39, 0.29) is 0 Å². The van der Waals surface area contributed by atoms with Gasteiger partial charge in [0, 0.05) is 5.69 Å². The molecule has 0 amide bonds. The number of benzene rings is 1. The number of anilines is 1. The molecule has 0 aliphatic heterocycles. The molecule has 0 saturated carbocycles. The number of nitrogens with one attached hydrogen (secondary N) is 2. The van der Waals surface area contributed by atoms with Crippen LogP contribution in [0.2, 0.25) is 0 Å². The maximum absolute atomic E-state index is 11.7. The molecular weight excluding hydrogens is 197 g/mol. The number of hydrazine groups is 1. The summed E-state index contributed by atoms with van der Waals surface area (Å²) >= 11 is 0. The second-order valence-corrected chi connectivity index (χ2v) is 2.48. The monoisotopic (exact) mass is 206 g/mol. The quantitative estimate of drug-likeness (QED) is 0.587. The van der Waals surface area contributed by atoms with Crippen molar-refractivity contribution in [3.05, 3.63) is 24.3 Å². The minimum Gasteiger partial charge on any atom is -0.497 e. The maximum Gasteiger partial charge on any atom is 0.474 e. The number of halogens is 3. The second kappa shape index (κ2) is 4.19. The highest BCUT2D eigenvalue weighted by molar-refractivity contribution is 5.45. The SMILES string of the molecule is COc1ccc(NNC(F)(F)F)cc1. The van der Waals surface area contributed by atoms with Gasteiger partial charge in [0.2, 0.25) is 0 Å². The second-order valence-electron chi connectivity index (χ2n) is 2.48. The van der Waals surface area contributed by atoms with E-state index in [1.54, 1.807) is 12.1 Å². The molecule has 0 radical (unpaired) electrons. The lowest BCUT2D eigenvalue weighted by Gasteiger charge is -2.11. The molecule has 1 aromatic carbocycles. The molecule has 0 atom stereocenters. The fourth-order valence-electron chi connectivity index (χ4n) is 0.817. The van der Waals surface area contributed by atoms with E-state index in [1.165, 1.54) is 24.7 Å². The van der Waals surface area contributed by atoms with Crippen molar-refractivity contribution in [3.8, 4) is 5.75 Å². The molecule has 14 heavy (non-hydrogen) atoms. The molecular formula is C8H9F3N2O. The molecule has 3 nitrogen and oxygen atoms in total. The van der Waals surface area contributed by atoms with Crippen LogP contribution in [0.25, 0.3) is 0 Å². The number of hydrogen-bond acceptors (Lipinski definition) is 3. The lowest BCUT2D eigenvalue weighted by Crippen LogP contribution is -2.36. The Kier molecular flexibility index (Phi) is 3.19. The normalized spacial score (nSPS) is 11.1. The van der Waals surface area contributed by atoms with Crippen LogP contribution < -0.4 is 15.6 Å². The molecule has 0 saturated heterocycles. The van der Waals surface area contributed by atoms with Gasteiger partial charge >= 0.3 is 6.30 Å². The number of ether oxygens (including phenoxy) is 1. The van der Waals surface area contributed by atoms with Crippen LogP contribution in [0.5, 0.6) is 5.75 Å². The number of rotatable bonds is 3. The van der Waals surface area contributed by atoms with Gasteiger partial charge in [-0.15, -0.1) is 5.43 Å². The van der Waals surface area contributed by atoms with Crippen LogP contribution in [0.3, 0.4) is 0 Å². The van der Waals surface area contributed by atoms with Gasteiger partial charge in [0.25, 0.3) is 0 Å². The molecule has 0 aliphatic rings. The van der Waals surface area contributed by atoms with Crippen LogP contribution in [0.15, 0.2) is 24.3 Å². The van der Waals surface area contributed by atoms with E-state index in [4.69, 9.17) is 4.74 Å². The van der Waals surface area contributed by atoms with Gasteiger partial charge in [0.1, 0.15) is 5.75 Å². The molecule has 6 heteroatoms. The van der Waals surface area contributed by atoms with E-state index < -0.39 is 6.30 Å². The summed E-state index contributed by atoms with van der Waals surface area (Å²) in [5.74, 6) is 0.586. The zero-order valence-electron chi connectivity index (χ0n) is 7.35. The Hall–Kier alpha value is -1.43. The van der Waals surface area contributed by atoms with Crippen LogP contribution in [-0.4, -0.2) is 13.4 Å². The average Bonchev–Trinajstić information content (AvgIpc) is 2.14. The number of methoxy groups -OCH3 is 1. The van der Waals surface area contributed by atoms with Crippen LogP contribution in [0, 0.1) is 0 Å². The van der Waals surface area contributed by atoms with Crippen LogP contribution in [-0.2, 0) is 0 Å². The predicted octanol–water partition coefficient (Wildman–Crippen LogP) is 2.13. The zero-order chi connectivity index (χ0) is 10.6. The van der Waals surface area contributed by atoms with Crippen molar-refractivity contribution in [2.75, 3.05) is 12.5 Å². The number of alkyl halides is 3. The third-order valence-corrected chi connectivity index (χ3v) is 1.44. The van der Waals surface area contributed by atoms with Crippen molar-refractivity contribution >= 4 is 5.69 Å². The topological polar surface area (TPSA) is 33.3 Å². The predicted molar refractivity (Wildman–Crippen MR) is 45.8 cm³/mol. The van der Waals surface area contributed by atoms with Crippen molar-refractivity contribution in [2.45, 2.75) is 6.30 Å². The van der Waals surface area contributed by atoms with Gasteiger partial charge in [-0.05, 0) is 24.3 Å². The van der Waals surface area contributed by atoms with Gasteiger partial charge in [0.05, 0.1) is 7.11 Å². The maximum atomic E-state index is 11.7.